The van der Waals surface area contributed by atoms with Crippen LogP contribution in [0.3, 0.4) is 0 Å². The van der Waals surface area contributed by atoms with Gasteiger partial charge in [0.1, 0.15) is 5.82 Å². The van der Waals surface area contributed by atoms with Gasteiger partial charge in [0, 0.05) is 6.20 Å². The van der Waals surface area contributed by atoms with Crippen molar-refractivity contribution in [3.05, 3.63) is 53.6 Å². The molecule has 5 nitrogen and oxygen atoms in total. The number of halogens is 1. The number of benzene rings is 1. The summed E-state index contributed by atoms with van der Waals surface area (Å²) in [4.78, 5) is 3.58. The molecular weight excluding hydrogens is 283 g/mol. The number of pyridine rings is 1. The van der Waals surface area contributed by atoms with Gasteiger partial charge in [0.05, 0.1) is 23.4 Å². The van der Waals surface area contributed by atoms with Crippen LogP contribution in [0.1, 0.15) is 11.1 Å². The van der Waals surface area contributed by atoms with Crippen LogP contribution in [-0.2, 0) is 16.6 Å². The van der Waals surface area contributed by atoms with Gasteiger partial charge in [-0.25, -0.2) is 12.8 Å². The molecule has 0 fully saturated rings. The van der Waals surface area contributed by atoms with E-state index in [-0.39, 0.29) is 16.1 Å². The lowest BCUT2D eigenvalue weighted by molar-refractivity contribution is 0.278. The van der Waals surface area contributed by atoms with Gasteiger partial charge in [0.15, 0.2) is 0 Å². The van der Waals surface area contributed by atoms with Crippen molar-refractivity contribution < 1.29 is 17.9 Å². The van der Waals surface area contributed by atoms with Crippen molar-refractivity contribution >= 4 is 15.7 Å². The monoisotopic (exact) mass is 296 g/mol. The zero-order valence-electron chi connectivity index (χ0n) is 10.7. The smallest absolute Gasteiger partial charge is 0.262 e. The first-order chi connectivity index (χ1) is 9.42. The van der Waals surface area contributed by atoms with E-state index in [4.69, 9.17) is 5.11 Å². The van der Waals surface area contributed by atoms with Gasteiger partial charge in [-0.1, -0.05) is 6.07 Å². The molecule has 0 saturated heterocycles. The largest absolute Gasteiger partial charge is 0.392 e. The van der Waals surface area contributed by atoms with Gasteiger partial charge in [0.2, 0.25) is 0 Å². The van der Waals surface area contributed by atoms with Crippen LogP contribution in [0.25, 0.3) is 0 Å². The van der Waals surface area contributed by atoms with Crippen LogP contribution in [0, 0.1) is 12.7 Å². The lowest BCUT2D eigenvalue weighted by Gasteiger charge is -2.11. The topological polar surface area (TPSA) is 79.3 Å². The average Bonchev–Trinajstić information content (AvgIpc) is 2.38. The second kappa shape index (κ2) is 5.56. The highest BCUT2D eigenvalue weighted by Crippen LogP contribution is 2.21. The summed E-state index contributed by atoms with van der Waals surface area (Å²) >= 11 is 0. The highest BCUT2D eigenvalue weighted by atomic mass is 32.2. The number of anilines is 1. The molecule has 1 heterocycles. The Hall–Kier alpha value is -1.99. The second-order valence-corrected chi connectivity index (χ2v) is 5.92. The minimum absolute atomic E-state index is 0.125. The molecule has 7 heteroatoms. The van der Waals surface area contributed by atoms with Gasteiger partial charge >= 0.3 is 0 Å². The van der Waals surface area contributed by atoms with E-state index < -0.39 is 22.4 Å². The highest BCUT2D eigenvalue weighted by Gasteiger charge is 2.19. The maximum absolute atomic E-state index is 13.2. The van der Waals surface area contributed by atoms with E-state index in [2.05, 4.69) is 9.71 Å². The first-order valence-corrected chi connectivity index (χ1v) is 7.24. The highest BCUT2D eigenvalue weighted by molar-refractivity contribution is 7.92. The van der Waals surface area contributed by atoms with Crippen molar-refractivity contribution in [2.75, 3.05) is 4.72 Å². The normalized spacial score (nSPS) is 11.3. The lowest BCUT2D eigenvalue weighted by atomic mass is 10.2. The molecule has 0 spiro atoms. The number of sulfonamides is 1. The average molecular weight is 296 g/mol. The summed E-state index contributed by atoms with van der Waals surface area (Å²) in [5.41, 5.74) is 1.18. The van der Waals surface area contributed by atoms with Crippen LogP contribution in [0.4, 0.5) is 10.1 Å². The maximum atomic E-state index is 13.2. The summed E-state index contributed by atoms with van der Waals surface area (Å²) in [6, 6.07) is 4.80. The van der Waals surface area contributed by atoms with Crippen molar-refractivity contribution in [1.29, 1.82) is 0 Å². The molecule has 0 saturated carbocycles. The SMILES string of the molecule is Cc1cncc(NS(=O)(=O)c2cc(F)ccc2CO)c1. The summed E-state index contributed by atoms with van der Waals surface area (Å²) < 4.78 is 40.0. The first-order valence-electron chi connectivity index (χ1n) is 5.76. The van der Waals surface area contributed by atoms with E-state index in [1.807, 2.05) is 0 Å². The van der Waals surface area contributed by atoms with E-state index in [9.17, 15) is 12.8 Å². The Morgan fingerprint density at radius 1 is 1.30 bits per heavy atom. The van der Waals surface area contributed by atoms with Crippen molar-refractivity contribution in [3.8, 4) is 0 Å². The number of aliphatic hydroxyl groups excluding tert-OH is 1. The summed E-state index contributed by atoms with van der Waals surface area (Å²) in [5, 5.41) is 9.16. The van der Waals surface area contributed by atoms with E-state index in [0.717, 1.165) is 17.7 Å². The fourth-order valence-corrected chi connectivity index (χ4v) is 3.01. The molecule has 0 aliphatic rings. The fraction of sp³-hybridized carbons (Fsp3) is 0.154. The molecule has 1 aromatic heterocycles. The Morgan fingerprint density at radius 3 is 2.70 bits per heavy atom. The Labute approximate surface area is 116 Å². The Balaban J connectivity index is 2.43. The van der Waals surface area contributed by atoms with Crippen LogP contribution >= 0.6 is 0 Å². The van der Waals surface area contributed by atoms with Crippen molar-refractivity contribution in [2.45, 2.75) is 18.4 Å². The second-order valence-electron chi connectivity index (χ2n) is 4.27. The molecule has 106 valence electrons. The van der Waals surface area contributed by atoms with Gasteiger partial charge in [-0.05, 0) is 36.2 Å². The van der Waals surface area contributed by atoms with E-state index in [1.165, 1.54) is 12.3 Å². The molecule has 0 unspecified atom stereocenters. The Bertz CT molecular complexity index is 732. The van der Waals surface area contributed by atoms with Crippen LogP contribution < -0.4 is 4.72 Å². The third-order valence-corrected chi connectivity index (χ3v) is 4.08. The standard InChI is InChI=1S/C13H13FN2O3S/c1-9-4-12(7-15-6-9)16-20(18,19)13-5-11(14)3-2-10(13)8-17/h2-7,16-17H,8H2,1H3. The predicted molar refractivity (Wildman–Crippen MR) is 72.1 cm³/mol. The number of nitrogens with zero attached hydrogens (tertiary/aromatic N) is 1. The van der Waals surface area contributed by atoms with Crippen LogP contribution in [0.2, 0.25) is 0 Å². The third kappa shape index (κ3) is 3.12. The van der Waals surface area contributed by atoms with Crippen molar-refractivity contribution in [2.24, 2.45) is 0 Å². The molecule has 20 heavy (non-hydrogen) atoms. The van der Waals surface area contributed by atoms with E-state index in [0.29, 0.717) is 0 Å². The minimum atomic E-state index is -3.99. The number of hydrogen-bond donors (Lipinski definition) is 2. The minimum Gasteiger partial charge on any atom is -0.392 e. The van der Waals surface area contributed by atoms with Gasteiger partial charge < -0.3 is 5.11 Å². The molecule has 0 bridgehead atoms. The Morgan fingerprint density at radius 2 is 2.05 bits per heavy atom. The van der Waals surface area contributed by atoms with Crippen LogP contribution in [0.15, 0.2) is 41.6 Å². The summed E-state index contributed by atoms with van der Waals surface area (Å²) in [5.74, 6) is -0.690. The summed E-state index contributed by atoms with van der Waals surface area (Å²) in [6.07, 6.45) is 2.93. The molecule has 2 N–H and O–H groups in total. The summed E-state index contributed by atoms with van der Waals surface area (Å²) in [7, 11) is -3.99. The van der Waals surface area contributed by atoms with Gasteiger partial charge in [-0.2, -0.15) is 0 Å². The lowest BCUT2D eigenvalue weighted by Crippen LogP contribution is -2.15. The van der Waals surface area contributed by atoms with E-state index >= 15 is 0 Å². The zero-order chi connectivity index (χ0) is 14.8. The van der Waals surface area contributed by atoms with Crippen molar-refractivity contribution in [1.82, 2.24) is 4.98 Å². The van der Waals surface area contributed by atoms with Crippen LogP contribution in [-0.4, -0.2) is 18.5 Å². The molecular formula is C13H13FN2O3S. The predicted octanol–water partition coefficient (Wildman–Crippen LogP) is 1.82. The molecule has 1 aromatic carbocycles. The third-order valence-electron chi connectivity index (χ3n) is 2.62. The van der Waals surface area contributed by atoms with Gasteiger partial charge in [-0.3, -0.25) is 9.71 Å². The number of aliphatic hydroxyl groups is 1. The zero-order valence-corrected chi connectivity index (χ0v) is 11.5. The fourth-order valence-electron chi connectivity index (χ4n) is 1.73. The van der Waals surface area contributed by atoms with Crippen molar-refractivity contribution in [3.63, 3.8) is 0 Å². The van der Waals surface area contributed by atoms with E-state index in [1.54, 1.807) is 19.2 Å². The van der Waals surface area contributed by atoms with Gasteiger partial charge in [-0.15, -0.1) is 0 Å². The number of hydrogen-bond acceptors (Lipinski definition) is 4. The molecule has 0 aliphatic carbocycles. The van der Waals surface area contributed by atoms with Crippen LogP contribution in [0.5, 0.6) is 0 Å². The molecule has 2 rings (SSSR count). The number of aromatic nitrogens is 1. The molecule has 0 amide bonds. The summed E-state index contributed by atoms with van der Waals surface area (Å²) in [6.45, 7) is 1.27. The number of rotatable bonds is 4. The number of nitrogens with one attached hydrogen (secondary N) is 1. The molecule has 0 atom stereocenters. The first kappa shape index (κ1) is 14.4. The number of aryl methyl sites for hydroxylation is 1. The quantitative estimate of drug-likeness (QED) is 0.902. The molecule has 0 radical (unpaired) electrons. The molecule has 2 aromatic rings. The molecule has 0 aliphatic heterocycles. The maximum Gasteiger partial charge on any atom is 0.262 e. The Kier molecular flexibility index (Phi) is 4.01. The van der Waals surface area contributed by atoms with Gasteiger partial charge in [0.25, 0.3) is 10.0 Å².